The number of esters is 1. The molecule has 0 radical (unpaired) electrons. The lowest BCUT2D eigenvalue weighted by Crippen LogP contribution is -2.49. The van der Waals surface area contributed by atoms with Crippen molar-refractivity contribution in [3.05, 3.63) is 0 Å². The van der Waals surface area contributed by atoms with Crippen LogP contribution in [0.15, 0.2) is 0 Å². The predicted molar refractivity (Wildman–Crippen MR) is 46.0 cm³/mol. The van der Waals surface area contributed by atoms with Gasteiger partial charge in [0, 0.05) is 6.54 Å². The number of hydrogen-bond donors (Lipinski definition) is 1. The van der Waals surface area contributed by atoms with Crippen molar-refractivity contribution in [3.8, 4) is 0 Å². The van der Waals surface area contributed by atoms with E-state index < -0.39 is 0 Å². The van der Waals surface area contributed by atoms with E-state index in [1.54, 1.807) is 0 Å². The topological polar surface area (TPSA) is 61.6 Å². The van der Waals surface area contributed by atoms with E-state index in [-0.39, 0.29) is 17.5 Å². The summed E-state index contributed by atoms with van der Waals surface area (Å²) in [4.78, 5) is 11.6. The predicted octanol–water partition coefficient (Wildman–Crippen LogP) is 0.0574. The number of rotatable bonds is 3. The van der Waals surface area contributed by atoms with Crippen LogP contribution in [0.3, 0.4) is 0 Å². The number of ether oxygens (including phenoxy) is 2. The van der Waals surface area contributed by atoms with Crippen molar-refractivity contribution in [2.75, 3.05) is 19.8 Å². The summed E-state index contributed by atoms with van der Waals surface area (Å²) in [6.07, 6.45) is 2.84. The highest BCUT2D eigenvalue weighted by molar-refractivity contribution is 5.78. The molecule has 0 aromatic rings. The van der Waals surface area contributed by atoms with Gasteiger partial charge in [0.15, 0.2) is 0 Å². The first-order chi connectivity index (χ1) is 6.27. The molecule has 2 aliphatic rings. The molecule has 1 heterocycles. The minimum atomic E-state index is -0.352. The molecule has 1 aliphatic heterocycles. The van der Waals surface area contributed by atoms with Crippen molar-refractivity contribution in [1.29, 1.82) is 0 Å². The van der Waals surface area contributed by atoms with Crippen LogP contribution in [0.5, 0.6) is 0 Å². The first-order valence-electron chi connectivity index (χ1n) is 4.76. The zero-order valence-electron chi connectivity index (χ0n) is 7.62. The standard InChI is InChI=1S/C9H15NO3/c10-6-9(2-1-3-9)8(11)13-7-4-12-5-7/h7H,1-6,10H2. The van der Waals surface area contributed by atoms with Gasteiger partial charge in [0.05, 0.1) is 18.6 Å². The van der Waals surface area contributed by atoms with Gasteiger partial charge in [-0.25, -0.2) is 0 Å². The SMILES string of the molecule is NCC1(C(=O)OC2COC2)CCC1. The fourth-order valence-corrected chi connectivity index (χ4v) is 1.65. The Balaban J connectivity index is 1.87. The maximum atomic E-state index is 11.6. The first-order valence-corrected chi connectivity index (χ1v) is 4.76. The zero-order valence-corrected chi connectivity index (χ0v) is 7.62. The molecule has 0 atom stereocenters. The third-order valence-electron chi connectivity index (χ3n) is 3.02. The molecule has 74 valence electrons. The van der Waals surface area contributed by atoms with E-state index >= 15 is 0 Å². The monoisotopic (exact) mass is 185 g/mol. The molecule has 0 unspecified atom stereocenters. The minimum absolute atomic E-state index is 0.0171. The third kappa shape index (κ3) is 1.44. The van der Waals surface area contributed by atoms with Gasteiger partial charge in [-0.2, -0.15) is 0 Å². The highest BCUT2D eigenvalue weighted by Crippen LogP contribution is 2.41. The Kier molecular flexibility index (Phi) is 2.26. The Hall–Kier alpha value is -0.610. The van der Waals surface area contributed by atoms with E-state index in [1.807, 2.05) is 0 Å². The average Bonchev–Trinajstić information content (AvgIpc) is 1.96. The van der Waals surface area contributed by atoms with Gasteiger partial charge in [-0.05, 0) is 12.8 Å². The summed E-state index contributed by atoms with van der Waals surface area (Å²) in [6, 6.07) is 0. The van der Waals surface area contributed by atoms with Gasteiger partial charge < -0.3 is 15.2 Å². The summed E-state index contributed by atoms with van der Waals surface area (Å²) in [6.45, 7) is 1.51. The molecule has 0 amide bonds. The molecule has 2 N–H and O–H groups in total. The normalized spacial score (nSPS) is 25.9. The summed E-state index contributed by atoms with van der Waals surface area (Å²) in [5.74, 6) is -0.116. The van der Waals surface area contributed by atoms with Gasteiger partial charge in [0.25, 0.3) is 0 Å². The fraction of sp³-hybridized carbons (Fsp3) is 0.889. The Morgan fingerprint density at radius 3 is 2.54 bits per heavy atom. The largest absolute Gasteiger partial charge is 0.457 e. The summed E-state index contributed by atoms with van der Waals surface area (Å²) in [5.41, 5.74) is 5.22. The second-order valence-corrected chi connectivity index (χ2v) is 3.90. The van der Waals surface area contributed by atoms with Crippen LogP contribution in [0.25, 0.3) is 0 Å². The lowest BCUT2D eigenvalue weighted by atomic mass is 9.69. The molecule has 4 nitrogen and oxygen atoms in total. The molecular formula is C9H15NO3. The molecule has 1 aliphatic carbocycles. The highest BCUT2D eigenvalue weighted by Gasteiger charge is 2.45. The van der Waals surface area contributed by atoms with Crippen LogP contribution in [0.4, 0.5) is 0 Å². The van der Waals surface area contributed by atoms with E-state index in [4.69, 9.17) is 15.2 Å². The first kappa shape index (κ1) is 8.97. The number of nitrogens with two attached hydrogens (primary N) is 1. The maximum Gasteiger partial charge on any atom is 0.313 e. The number of hydrogen-bond acceptors (Lipinski definition) is 4. The van der Waals surface area contributed by atoms with Crippen molar-refractivity contribution in [3.63, 3.8) is 0 Å². The van der Waals surface area contributed by atoms with Gasteiger partial charge >= 0.3 is 5.97 Å². The van der Waals surface area contributed by atoms with Crippen molar-refractivity contribution < 1.29 is 14.3 Å². The molecule has 2 fully saturated rings. The van der Waals surface area contributed by atoms with Crippen LogP contribution in [0, 0.1) is 5.41 Å². The number of carbonyl (C=O) groups excluding carboxylic acids is 1. The molecule has 0 aromatic carbocycles. The zero-order chi connectivity index (χ0) is 9.31. The lowest BCUT2D eigenvalue weighted by molar-refractivity contribution is -0.187. The smallest absolute Gasteiger partial charge is 0.313 e. The quantitative estimate of drug-likeness (QED) is 0.631. The third-order valence-corrected chi connectivity index (χ3v) is 3.02. The highest BCUT2D eigenvalue weighted by atomic mass is 16.6. The van der Waals surface area contributed by atoms with E-state index in [9.17, 15) is 4.79 Å². The molecule has 4 heteroatoms. The summed E-state index contributed by atoms with van der Waals surface area (Å²) in [7, 11) is 0. The molecule has 0 bridgehead atoms. The van der Waals surface area contributed by atoms with Gasteiger partial charge in [0.1, 0.15) is 6.10 Å². The van der Waals surface area contributed by atoms with Crippen molar-refractivity contribution >= 4 is 5.97 Å². The summed E-state index contributed by atoms with van der Waals surface area (Å²) >= 11 is 0. The van der Waals surface area contributed by atoms with Crippen LogP contribution in [-0.2, 0) is 14.3 Å². The van der Waals surface area contributed by atoms with Gasteiger partial charge in [-0.15, -0.1) is 0 Å². The average molecular weight is 185 g/mol. The molecular weight excluding hydrogens is 170 g/mol. The Morgan fingerprint density at radius 1 is 1.54 bits per heavy atom. The molecule has 1 saturated carbocycles. The molecule has 13 heavy (non-hydrogen) atoms. The molecule has 1 saturated heterocycles. The minimum Gasteiger partial charge on any atom is -0.457 e. The van der Waals surface area contributed by atoms with Gasteiger partial charge in [-0.1, -0.05) is 6.42 Å². The van der Waals surface area contributed by atoms with Gasteiger partial charge in [-0.3, -0.25) is 4.79 Å². The van der Waals surface area contributed by atoms with Crippen molar-refractivity contribution in [1.82, 2.24) is 0 Å². The van der Waals surface area contributed by atoms with E-state index in [0.717, 1.165) is 19.3 Å². The van der Waals surface area contributed by atoms with Gasteiger partial charge in [0.2, 0.25) is 0 Å². The molecule has 0 spiro atoms. The Morgan fingerprint density at radius 2 is 2.23 bits per heavy atom. The van der Waals surface area contributed by atoms with Crippen LogP contribution in [0.1, 0.15) is 19.3 Å². The molecule has 2 rings (SSSR count). The van der Waals surface area contributed by atoms with Crippen LogP contribution in [-0.4, -0.2) is 31.8 Å². The summed E-state index contributed by atoms with van der Waals surface area (Å²) < 4.78 is 10.2. The fourth-order valence-electron chi connectivity index (χ4n) is 1.65. The van der Waals surface area contributed by atoms with E-state index in [1.165, 1.54) is 0 Å². The number of carbonyl (C=O) groups is 1. The van der Waals surface area contributed by atoms with Crippen LogP contribution >= 0.6 is 0 Å². The van der Waals surface area contributed by atoms with Crippen molar-refractivity contribution in [2.45, 2.75) is 25.4 Å². The maximum absolute atomic E-state index is 11.6. The molecule has 0 aromatic heterocycles. The lowest BCUT2D eigenvalue weighted by Gasteiger charge is -2.40. The van der Waals surface area contributed by atoms with Crippen LogP contribution < -0.4 is 5.73 Å². The second kappa shape index (κ2) is 3.27. The van der Waals surface area contributed by atoms with E-state index in [2.05, 4.69) is 0 Å². The summed E-state index contributed by atoms with van der Waals surface area (Å²) in [5, 5.41) is 0. The van der Waals surface area contributed by atoms with E-state index in [0.29, 0.717) is 19.8 Å². The second-order valence-electron chi connectivity index (χ2n) is 3.90. The van der Waals surface area contributed by atoms with Crippen LogP contribution in [0.2, 0.25) is 0 Å². The van der Waals surface area contributed by atoms with Crippen molar-refractivity contribution in [2.24, 2.45) is 11.1 Å². The Bertz CT molecular complexity index is 203. The Labute approximate surface area is 77.4 Å².